The Hall–Kier alpha value is -3.43. The van der Waals surface area contributed by atoms with Crippen LogP contribution in [0.1, 0.15) is 27.9 Å². The van der Waals surface area contributed by atoms with Crippen molar-refractivity contribution in [1.29, 1.82) is 0 Å². The molecule has 3 heterocycles. The van der Waals surface area contributed by atoms with E-state index in [1.54, 1.807) is 6.07 Å². The number of aryl methyl sites for hydroxylation is 1. The molecule has 0 saturated heterocycles. The van der Waals surface area contributed by atoms with E-state index in [1.165, 1.54) is 23.3 Å². The van der Waals surface area contributed by atoms with Gasteiger partial charge >= 0.3 is 0 Å². The van der Waals surface area contributed by atoms with Crippen LogP contribution >= 0.6 is 0 Å². The second-order valence-electron chi connectivity index (χ2n) is 4.57. The average molecular weight is 315 g/mol. The van der Waals surface area contributed by atoms with Crippen LogP contribution in [0.5, 0.6) is 0 Å². The lowest BCUT2D eigenvalue weighted by Crippen LogP contribution is -2.18. The van der Waals surface area contributed by atoms with Crippen molar-refractivity contribution < 1.29 is 14.0 Å². The van der Waals surface area contributed by atoms with E-state index >= 15 is 0 Å². The first-order valence-electron chi connectivity index (χ1n) is 6.72. The second-order valence-corrected chi connectivity index (χ2v) is 4.57. The fourth-order valence-electron chi connectivity index (χ4n) is 1.92. The lowest BCUT2D eigenvalue weighted by Gasteiger charge is -2.00. The van der Waals surface area contributed by atoms with E-state index in [4.69, 9.17) is 10.2 Å². The molecule has 0 fully saturated rings. The summed E-state index contributed by atoms with van der Waals surface area (Å²) in [5, 5.41) is 13.0. The summed E-state index contributed by atoms with van der Waals surface area (Å²) in [6.07, 6.45) is 4.27. The number of H-pyrrole nitrogens is 1. The highest BCUT2D eigenvalue weighted by Gasteiger charge is 2.19. The summed E-state index contributed by atoms with van der Waals surface area (Å²) in [4.78, 5) is 27.7. The van der Waals surface area contributed by atoms with Crippen LogP contribution in [-0.4, -0.2) is 36.8 Å². The van der Waals surface area contributed by atoms with Gasteiger partial charge in [0.15, 0.2) is 11.4 Å². The van der Waals surface area contributed by atoms with Gasteiger partial charge in [-0.05, 0) is 13.0 Å². The molecular formula is C13H13N7O3. The predicted octanol–water partition coefficient (Wildman–Crippen LogP) is 0.632. The summed E-state index contributed by atoms with van der Waals surface area (Å²) in [5.41, 5.74) is 6.05. The molecule has 23 heavy (non-hydrogen) atoms. The zero-order valence-electron chi connectivity index (χ0n) is 12.1. The van der Waals surface area contributed by atoms with Crippen LogP contribution in [0.15, 0.2) is 29.1 Å². The molecule has 0 aliphatic heterocycles. The van der Waals surface area contributed by atoms with Gasteiger partial charge in [0, 0.05) is 18.9 Å². The number of hydrogen-bond donors (Lipinski definition) is 3. The van der Waals surface area contributed by atoms with Gasteiger partial charge in [-0.25, -0.2) is 4.98 Å². The van der Waals surface area contributed by atoms with Crippen LogP contribution < -0.4 is 11.1 Å². The van der Waals surface area contributed by atoms with Crippen LogP contribution in [0, 0.1) is 0 Å². The fraction of sp³-hybridized carbons (Fsp3) is 0.154. The van der Waals surface area contributed by atoms with Gasteiger partial charge in [-0.1, -0.05) is 0 Å². The van der Waals surface area contributed by atoms with Crippen LogP contribution in [0.25, 0.3) is 11.6 Å². The molecule has 0 unspecified atom stereocenters. The summed E-state index contributed by atoms with van der Waals surface area (Å²) in [5.74, 6) is -1.05. The first-order chi connectivity index (χ1) is 11.1. The molecular weight excluding hydrogens is 302 g/mol. The largest absolute Gasteiger partial charge is 0.442 e. The van der Waals surface area contributed by atoms with Gasteiger partial charge in [-0.15, -0.1) is 0 Å². The van der Waals surface area contributed by atoms with E-state index in [0.29, 0.717) is 12.2 Å². The third-order valence-electron chi connectivity index (χ3n) is 3.04. The number of aromatic nitrogens is 5. The Kier molecular flexibility index (Phi) is 3.63. The molecule has 0 atom stereocenters. The Morgan fingerprint density at radius 2 is 2.30 bits per heavy atom. The maximum Gasteiger partial charge on any atom is 0.277 e. The molecule has 2 amide bonds. The van der Waals surface area contributed by atoms with Gasteiger partial charge in [-0.2, -0.15) is 10.2 Å². The van der Waals surface area contributed by atoms with Crippen molar-refractivity contribution >= 4 is 17.5 Å². The topological polar surface area (TPSA) is 145 Å². The Morgan fingerprint density at radius 1 is 1.48 bits per heavy atom. The van der Waals surface area contributed by atoms with Crippen molar-refractivity contribution in [2.45, 2.75) is 13.5 Å². The predicted molar refractivity (Wildman–Crippen MR) is 78.5 cm³/mol. The average Bonchev–Trinajstić information content (AvgIpc) is 3.26. The number of primary amides is 1. The molecule has 0 bridgehead atoms. The van der Waals surface area contributed by atoms with Crippen LogP contribution in [-0.2, 0) is 6.54 Å². The van der Waals surface area contributed by atoms with Crippen molar-refractivity contribution in [2.75, 3.05) is 5.32 Å². The third kappa shape index (κ3) is 2.81. The third-order valence-corrected chi connectivity index (χ3v) is 3.04. The number of oxazole rings is 1. The van der Waals surface area contributed by atoms with Crippen molar-refractivity contribution in [3.05, 3.63) is 36.1 Å². The Labute approximate surface area is 129 Å². The summed E-state index contributed by atoms with van der Waals surface area (Å²) in [7, 11) is 0. The SMILES string of the molecule is CCn1cc(NC(=O)c2coc(-c3ccn[nH]3)n2)c(C(N)=O)n1. The minimum absolute atomic E-state index is 0.0162. The number of amides is 2. The van der Waals surface area contributed by atoms with Gasteiger partial charge in [0.2, 0.25) is 5.89 Å². The minimum Gasteiger partial charge on any atom is -0.442 e. The highest BCUT2D eigenvalue weighted by atomic mass is 16.3. The zero-order valence-corrected chi connectivity index (χ0v) is 12.1. The van der Waals surface area contributed by atoms with E-state index in [0.717, 1.165) is 0 Å². The van der Waals surface area contributed by atoms with E-state index in [1.807, 2.05) is 6.92 Å². The van der Waals surface area contributed by atoms with Gasteiger partial charge in [0.1, 0.15) is 12.0 Å². The van der Waals surface area contributed by atoms with Crippen molar-refractivity contribution in [2.24, 2.45) is 5.73 Å². The number of aromatic amines is 1. The highest BCUT2D eigenvalue weighted by molar-refractivity contribution is 6.07. The Balaban J connectivity index is 1.82. The molecule has 10 nitrogen and oxygen atoms in total. The van der Waals surface area contributed by atoms with Crippen LogP contribution in [0.3, 0.4) is 0 Å². The van der Waals surface area contributed by atoms with E-state index in [-0.39, 0.29) is 23.0 Å². The molecule has 10 heteroatoms. The summed E-state index contributed by atoms with van der Waals surface area (Å²) < 4.78 is 6.71. The molecule has 0 aliphatic carbocycles. The lowest BCUT2D eigenvalue weighted by atomic mass is 10.3. The second kappa shape index (κ2) is 5.75. The molecule has 0 aromatic carbocycles. The van der Waals surface area contributed by atoms with E-state index < -0.39 is 11.8 Å². The molecule has 0 saturated carbocycles. The normalized spacial score (nSPS) is 10.7. The molecule has 3 rings (SSSR count). The maximum absolute atomic E-state index is 12.2. The zero-order chi connectivity index (χ0) is 16.4. The van der Waals surface area contributed by atoms with Gasteiger partial charge in [-0.3, -0.25) is 19.4 Å². The molecule has 0 aliphatic rings. The number of nitrogens with zero attached hydrogens (tertiary/aromatic N) is 4. The molecule has 118 valence electrons. The molecule has 0 radical (unpaired) electrons. The molecule has 4 N–H and O–H groups in total. The quantitative estimate of drug-likeness (QED) is 0.629. The standard InChI is InChI=1S/C13H13N7O3/c1-2-20-5-8(10(19-20)11(14)21)16-12(22)9-6-23-13(17-9)7-3-4-15-18-7/h3-6H,2H2,1H3,(H2,14,21)(H,15,18)(H,16,22). The van der Waals surface area contributed by atoms with Gasteiger partial charge < -0.3 is 15.5 Å². The minimum atomic E-state index is -0.731. The first-order valence-corrected chi connectivity index (χ1v) is 6.72. The van der Waals surface area contributed by atoms with Crippen LogP contribution in [0.4, 0.5) is 5.69 Å². The number of carbonyl (C=O) groups excluding carboxylic acids is 2. The number of hydrogen-bond acceptors (Lipinski definition) is 6. The highest BCUT2D eigenvalue weighted by Crippen LogP contribution is 2.18. The Morgan fingerprint density at radius 3 is 2.96 bits per heavy atom. The smallest absolute Gasteiger partial charge is 0.277 e. The van der Waals surface area contributed by atoms with Crippen molar-refractivity contribution in [1.82, 2.24) is 25.0 Å². The van der Waals surface area contributed by atoms with Crippen molar-refractivity contribution in [3.63, 3.8) is 0 Å². The fourth-order valence-corrected chi connectivity index (χ4v) is 1.92. The number of rotatable bonds is 5. The molecule has 3 aromatic heterocycles. The van der Waals surface area contributed by atoms with E-state index in [9.17, 15) is 9.59 Å². The lowest BCUT2D eigenvalue weighted by molar-refractivity contribution is 0.0995. The maximum atomic E-state index is 12.2. The van der Waals surface area contributed by atoms with Crippen molar-refractivity contribution in [3.8, 4) is 11.6 Å². The monoisotopic (exact) mass is 315 g/mol. The number of carbonyl (C=O) groups is 2. The summed E-state index contributed by atoms with van der Waals surface area (Å²) in [6, 6.07) is 1.66. The molecule has 0 spiro atoms. The number of anilines is 1. The van der Waals surface area contributed by atoms with Crippen LogP contribution in [0.2, 0.25) is 0 Å². The molecule has 3 aromatic rings. The van der Waals surface area contributed by atoms with E-state index in [2.05, 4.69) is 25.6 Å². The van der Waals surface area contributed by atoms with Gasteiger partial charge in [0.25, 0.3) is 11.8 Å². The number of nitrogens with one attached hydrogen (secondary N) is 2. The summed E-state index contributed by atoms with van der Waals surface area (Å²) in [6.45, 7) is 2.38. The first kappa shape index (κ1) is 14.5. The van der Waals surface area contributed by atoms with Gasteiger partial charge in [0.05, 0.1) is 5.69 Å². The Bertz CT molecular complexity index is 847. The number of nitrogens with two attached hydrogens (primary N) is 1. The summed E-state index contributed by atoms with van der Waals surface area (Å²) >= 11 is 0.